The van der Waals surface area contributed by atoms with Gasteiger partial charge in [-0.15, -0.1) is 0 Å². The molecular weight excluding hydrogens is 454 g/mol. The molecule has 0 radical (unpaired) electrons. The van der Waals surface area contributed by atoms with Crippen LogP contribution in [0.15, 0.2) is 91.0 Å². The van der Waals surface area contributed by atoms with Gasteiger partial charge in [0.1, 0.15) is 12.4 Å². The average Bonchev–Trinajstić information content (AvgIpc) is 2.93. The zero-order chi connectivity index (χ0) is 25.6. The van der Waals surface area contributed by atoms with Crippen LogP contribution in [0.25, 0.3) is 0 Å². The van der Waals surface area contributed by atoms with Gasteiger partial charge in [-0.3, -0.25) is 4.90 Å². The van der Waals surface area contributed by atoms with Gasteiger partial charge >= 0.3 is 0 Å². The Balaban J connectivity index is 1.85. The van der Waals surface area contributed by atoms with E-state index in [0.717, 1.165) is 23.0 Å². The first kappa shape index (κ1) is 27.7. The first-order valence-corrected chi connectivity index (χ1v) is 12.4. The fourth-order valence-corrected chi connectivity index (χ4v) is 4.04. The summed E-state index contributed by atoms with van der Waals surface area (Å²) in [5, 5.41) is 12.2. The third-order valence-electron chi connectivity index (χ3n) is 6.27. The number of carbonyl (C=O) groups excluding carboxylic acids is 1. The van der Waals surface area contributed by atoms with E-state index >= 15 is 0 Å². The van der Waals surface area contributed by atoms with E-state index in [1.165, 1.54) is 0 Å². The lowest BCUT2D eigenvalue weighted by molar-refractivity contribution is -0.306. The Hall–Kier alpha value is -2.87. The minimum absolute atomic E-state index is 0.0230. The molecule has 3 rings (SSSR count). The topological polar surface area (TPSA) is 68.2 Å². The first-order chi connectivity index (χ1) is 17.6. The van der Waals surface area contributed by atoms with Crippen LogP contribution in [0.5, 0.6) is 0 Å². The van der Waals surface area contributed by atoms with E-state index in [-0.39, 0.29) is 26.2 Å². The maximum absolute atomic E-state index is 12.2. The van der Waals surface area contributed by atoms with Crippen molar-refractivity contribution in [2.24, 2.45) is 0 Å². The third-order valence-corrected chi connectivity index (χ3v) is 6.27. The molecule has 3 unspecified atom stereocenters. The van der Waals surface area contributed by atoms with Crippen LogP contribution >= 0.6 is 0 Å². The normalized spacial score (nSPS) is 14.8. The van der Waals surface area contributed by atoms with Crippen LogP contribution in [-0.4, -0.2) is 54.4 Å². The lowest BCUT2D eigenvalue weighted by atomic mass is 9.97. The van der Waals surface area contributed by atoms with Crippen LogP contribution in [0.2, 0.25) is 0 Å². The second kappa shape index (κ2) is 14.6. The molecular formula is C30H37NO5. The van der Waals surface area contributed by atoms with Crippen molar-refractivity contribution in [1.82, 2.24) is 4.90 Å². The summed E-state index contributed by atoms with van der Waals surface area (Å²) in [4.78, 5) is 13.7. The molecule has 3 aromatic rings. The molecule has 0 amide bonds. The minimum Gasteiger partial charge on any atom is -0.375 e. The van der Waals surface area contributed by atoms with Crippen LogP contribution in [0, 0.1) is 0 Å². The average molecular weight is 492 g/mol. The zero-order valence-electron chi connectivity index (χ0n) is 21.2. The van der Waals surface area contributed by atoms with Gasteiger partial charge in [0.2, 0.25) is 5.79 Å². The number of benzene rings is 3. The Morgan fingerprint density at radius 3 is 1.83 bits per heavy atom. The highest BCUT2D eigenvalue weighted by atomic mass is 16.7. The number of likely N-dealkylation sites (N-methyl/N-ethyl adjacent to an activating group) is 1. The molecule has 3 aromatic carbocycles. The molecule has 1 N–H and O–H groups in total. The number of rotatable bonds is 16. The highest BCUT2D eigenvalue weighted by Gasteiger charge is 2.48. The number of nitrogens with zero attached hydrogens (tertiary/aromatic N) is 1. The molecule has 0 bridgehead atoms. The molecule has 0 fully saturated rings. The summed E-state index contributed by atoms with van der Waals surface area (Å²) in [6, 6.07) is 28.6. The molecule has 0 heterocycles. The molecule has 0 spiro atoms. The number of carbonyl (C=O) groups is 1. The SMILES string of the molecule is CCN(C)C(COCc1ccccc1)C(O)(OCc1ccccc1)C(CC=O)OCc1ccccc1. The lowest BCUT2D eigenvalue weighted by Gasteiger charge is -2.44. The predicted molar refractivity (Wildman–Crippen MR) is 140 cm³/mol. The molecule has 3 atom stereocenters. The van der Waals surface area contributed by atoms with Gasteiger partial charge in [0, 0.05) is 6.42 Å². The molecule has 0 aliphatic carbocycles. The van der Waals surface area contributed by atoms with Crippen molar-refractivity contribution in [2.45, 2.75) is 51.1 Å². The van der Waals surface area contributed by atoms with Gasteiger partial charge in [-0.1, -0.05) is 97.9 Å². The van der Waals surface area contributed by atoms with Gasteiger partial charge in [0.15, 0.2) is 0 Å². The number of aldehydes is 1. The summed E-state index contributed by atoms with van der Waals surface area (Å²) in [6.07, 6.45) is -0.163. The number of ether oxygens (including phenoxy) is 3. The van der Waals surface area contributed by atoms with Crippen molar-refractivity contribution < 1.29 is 24.1 Å². The number of hydrogen-bond acceptors (Lipinski definition) is 6. The van der Waals surface area contributed by atoms with E-state index in [2.05, 4.69) is 0 Å². The van der Waals surface area contributed by atoms with Gasteiger partial charge in [-0.2, -0.15) is 0 Å². The summed E-state index contributed by atoms with van der Waals surface area (Å²) >= 11 is 0. The Morgan fingerprint density at radius 1 is 0.833 bits per heavy atom. The van der Waals surface area contributed by atoms with E-state index in [1.54, 1.807) is 0 Å². The Bertz CT molecular complexity index is 1000. The molecule has 0 aromatic heterocycles. The maximum Gasteiger partial charge on any atom is 0.211 e. The smallest absolute Gasteiger partial charge is 0.211 e. The lowest BCUT2D eigenvalue weighted by Crippen LogP contribution is -2.62. The van der Waals surface area contributed by atoms with Crippen LogP contribution in [0.3, 0.4) is 0 Å². The van der Waals surface area contributed by atoms with E-state index in [0.29, 0.717) is 13.2 Å². The summed E-state index contributed by atoms with van der Waals surface area (Å²) in [7, 11) is 1.91. The molecule has 0 aliphatic rings. The predicted octanol–water partition coefficient (Wildman–Crippen LogP) is 4.60. The zero-order valence-corrected chi connectivity index (χ0v) is 21.2. The molecule has 36 heavy (non-hydrogen) atoms. The molecule has 0 saturated carbocycles. The fraction of sp³-hybridized carbons (Fsp3) is 0.367. The Kier molecular flexibility index (Phi) is 11.3. The van der Waals surface area contributed by atoms with Gasteiger partial charge in [0.05, 0.1) is 32.5 Å². The summed E-state index contributed by atoms with van der Waals surface area (Å²) in [5.74, 6) is -1.81. The maximum atomic E-state index is 12.2. The van der Waals surface area contributed by atoms with E-state index < -0.39 is 17.9 Å². The van der Waals surface area contributed by atoms with Gasteiger partial charge < -0.3 is 24.1 Å². The monoisotopic (exact) mass is 491 g/mol. The van der Waals surface area contributed by atoms with Crippen LogP contribution in [0.4, 0.5) is 0 Å². The Morgan fingerprint density at radius 2 is 1.33 bits per heavy atom. The second-order valence-corrected chi connectivity index (χ2v) is 8.80. The van der Waals surface area contributed by atoms with Crippen molar-refractivity contribution in [2.75, 3.05) is 20.2 Å². The first-order valence-electron chi connectivity index (χ1n) is 12.4. The minimum atomic E-state index is -1.81. The van der Waals surface area contributed by atoms with Crippen LogP contribution in [0.1, 0.15) is 30.0 Å². The van der Waals surface area contributed by atoms with Crippen molar-refractivity contribution in [1.29, 1.82) is 0 Å². The van der Waals surface area contributed by atoms with E-state index in [4.69, 9.17) is 14.2 Å². The highest BCUT2D eigenvalue weighted by molar-refractivity contribution is 5.50. The third kappa shape index (κ3) is 8.08. The van der Waals surface area contributed by atoms with Crippen LogP contribution in [-0.2, 0) is 38.8 Å². The van der Waals surface area contributed by atoms with E-state index in [1.807, 2.05) is 110 Å². The fourth-order valence-electron chi connectivity index (χ4n) is 4.04. The van der Waals surface area contributed by atoms with E-state index in [9.17, 15) is 9.90 Å². The quantitative estimate of drug-likeness (QED) is 0.233. The molecule has 6 heteroatoms. The largest absolute Gasteiger partial charge is 0.375 e. The van der Waals surface area contributed by atoms with Crippen LogP contribution < -0.4 is 0 Å². The summed E-state index contributed by atoms with van der Waals surface area (Å²) in [6.45, 7) is 3.63. The summed E-state index contributed by atoms with van der Waals surface area (Å²) < 4.78 is 18.5. The van der Waals surface area contributed by atoms with Gasteiger partial charge in [-0.25, -0.2) is 0 Å². The molecule has 0 saturated heterocycles. The highest BCUT2D eigenvalue weighted by Crippen LogP contribution is 2.29. The summed E-state index contributed by atoms with van der Waals surface area (Å²) in [5.41, 5.74) is 2.89. The van der Waals surface area contributed by atoms with Crippen molar-refractivity contribution in [3.8, 4) is 0 Å². The van der Waals surface area contributed by atoms with Crippen molar-refractivity contribution in [3.05, 3.63) is 108 Å². The van der Waals surface area contributed by atoms with Crippen molar-refractivity contribution in [3.63, 3.8) is 0 Å². The van der Waals surface area contributed by atoms with Crippen molar-refractivity contribution >= 4 is 6.29 Å². The van der Waals surface area contributed by atoms with Gasteiger partial charge in [0.25, 0.3) is 0 Å². The molecule has 192 valence electrons. The molecule has 0 aliphatic heterocycles. The standard InChI is InChI=1S/C30H37NO5/c1-3-31(2)28(24-34-21-25-13-7-4-8-14-25)30(33,36-23-27-17-11-6-12-18-27)29(19-20-32)35-22-26-15-9-5-10-16-26/h4-18,20,28-29,33H,3,19,21-24H2,1-2H3. The number of aliphatic hydroxyl groups is 1. The number of hydrogen-bond donors (Lipinski definition) is 1. The Labute approximate surface area is 214 Å². The van der Waals surface area contributed by atoms with Gasteiger partial charge in [-0.05, 0) is 30.3 Å². The molecule has 6 nitrogen and oxygen atoms in total. The second-order valence-electron chi connectivity index (χ2n) is 8.80.